The van der Waals surface area contributed by atoms with Crippen LogP contribution in [0.15, 0.2) is 68.6 Å². The van der Waals surface area contributed by atoms with E-state index in [9.17, 15) is 4.79 Å². The van der Waals surface area contributed by atoms with Crippen LogP contribution in [0.2, 0.25) is 0 Å². The van der Waals surface area contributed by atoms with Crippen LogP contribution in [0.3, 0.4) is 0 Å². The summed E-state index contributed by atoms with van der Waals surface area (Å²) < 4.78 is 12.4. The highest BCUT2D eigenvalue weighted by Gasteiger charge is 2.15. The molecule has 5 aromatic rings. The van der Waals surface area contributed by atoms with Crippen LogP contribution >= 0.6 is 0 Å². The van der Waals surface area contributed by atoms with Crippen LogP contribution in [0, 0.1) is 6.92 Å². The van der Waals surface area contributed by atoms with Gasteiger partial charge in [-0.3, -0.25) is 9.36 Å². The van der Waals surface area contributed by atoms with E-state index in [1.165, 1.54) is 10.9 Å². The molecule has 3 heterocycles. The van der Waals surface area contributed by atoms with Crippen LogP contribution < -0.4 is 5.56 Å². The van der Waals surface area contributed by atoms with E-state index in [2.05, 4.69) is 15.1 Å². The molecular weight excluding hydrogens is 344 g/mol. The van der Waals surface area contributed by atoms with Crippen molar-refractivity contribution in [3.8, 4) is 11.4 Å². The minimum Gasteiger partial charge on any atom is -0.448 e. The van der Waals surface area contributed by atoms with Gasteiger partial charge in [-0.25, -0.2) is 4.98 Å². The zero-order chi connectivity index (χ0) is 18.4. The number of benzene rings is 2. The molecule has 0 radical (unpaired) electrons. The van der Waals surface area contributed by atoms with E-state index in [4.69, 9.17) is 8.94 Å². The molecule has 7 heteroatoms. The van der Waals surface area contributed by atoms with Gasteiger partial charge in [-0.2, -0.15) is 4.98 Å². The summed E-state index contributed by atoms with van der Waals surface area (Å²) in [7, 11) is 0. The quantitative estimate of drug-likeness (QED) is 0.490. The molecule has 3 aromatic heterocycles. The van der Waals surface area contributed by atoms with Crippen molar-refractivity contribution in [1.29, 1.82) is 0 Å². The van der Waals surface area contributed by atoms with E-state index in [1.807, 2.05) is 55.5 Å². The lowest BCUT2D eigenvalue weighted by molar-refractivity contribution is 0.369. The van der Waals surface area contributed by atoms with Crippen LogP contribution in [0.1, 0.15) is 11.5 Å². The first-order valence-electron chi connectivity index (χ1n) is 8.45. The number of aryl methyl sites for hydroxylation is 1. The molecule has 0 bridgehead atoms. The predicted octanol–water partition coefficient (Wildman–Crippen LogP) is 3.55. The maximum Gasteiger partial charge on any atom is 0.297 e. The topological polar surface area (TPSA) is 87.0 Å². The highest BCUT2D eigenvalue weighted by Crippen LogP contribution is 2.24. The summed E-state index contributed by atoms with van der Waals surface area (Å²) in [4.78, 5) is 21.5. The molecule has 0 saturated heterocycles. The lowest BCUT2D eigenvalue weighted by Crippen LogP contribution is -2.20. The van der Waals surface area contributed by atoms with Gasteiger partial charge >= 0.3 is 0 Å². The Morgan fingerprint density at radius 2 is 2.00 bits per heavy atom. The number of nitrogens with zero attached hydrogens (tertiary/aromatic N) is 4. The molecule has 5 rings (SSSR count). The standard InChI is InChI=1S/C20H14N4O3/c1-12-5-4-6-13(9-12)19-22-16(27-23-19)10-24-11-21-17-14-7-2-3-8-15(14)26-18(17)20(24)25/h2-9,11H,10H2,1H3. The van der Waals surface area contributed by atoms with Crippen molar-refractivity contribution in [2.24, 2.45) is 0 Å². The van der Waals surface area contributed by atoms with Crippen molar-refractivity contribution in [3.63, 3.8) is 0 Å². The van der Waals surface area contributed by atoms with Crippen molar-refractivity contribution in [3.05, 3.63) is 76.7 Å². The van der Waals surface area contributed by atoms with E-state index in [0.29, 0.717) is 22.8 Å². The number of aromatic nitrogens is 4. The van der Waals surface area contributed by atoms with Gasteiger partial charge in [0.1, 0.15) is 17.6 Å². The lowest BCUT2D eigenvalue weighted by atomic mass is 10.1. The smallest absolute Gasteiger partial charge is 0.297 e. The van der Waals surface area contributed by atoms with E-state index in [1.54, 1.807) is 0 Å². The van der Waals surface area contributed by atoms with Crippen LogP contribution in [0.25, 0.3) is 33.5 Å². The minimum atomic E-state index is -0.286. The summed E-state index contributed by atoms with van der Waals surface area (Å²) in [6, 6.07) is 15.3. The fourth-order valence-electron chi connectivity index (χ4n) is 3.09. The van der Waals surface area contributed by atoms with Gasteiger partial charge in [-0.15, -0.1) is 0 Å². The number of para-hydroxylation sites is 1. The normalized spacial score (nSPS) is 11.4. The third kappa shape index (κ3) is 2.60. The first-order valence-corrected chi connectivity index (χ1v) is 8.45. The molecule has 0 spiro atoms. The Morgan fingerprint density at radius 1 is 1.11 bits per heavy atom. The molecule has 0 amide bonds. The first-order chi connectivity index (χ1) is 13.2. The zero-order valence-corrected chi connectivity index (χ0v) is 14.4. The molecule has 2 aromatic carbocycles. The molecule has 0 aliphatic heterocycles. The maximum atomic E-state index is 12.8. The fraction of sp³-hybridized carbons (Fsp3) is 0.100. The van der Waals surface area contributed by atoms with Gasteiger partial charge in [-0.05, 0) is 25.1 Å². The van der Waals surface area contributed by atoms with Crippen molar-refractivity contribution in [1.82, 2.24) is 19.7 Å². The summed E-state index contributed by atoms with van der Waals surface area (Å²) in [5.41, 5.74) is 3.09. The Morgan fingerprint density at radius 3 is 2.89 bits per heavy atom. The summed E-state index contributed by atoms with van der Waals surface area (Å²) in [5.74, 6) is 0.811. The van der Waals surface area contributed by atoms with Crippen molar-refractivity contribution < 1.29 is 8.94 Å². The summed E-state index contributed by atoms with van der Waals surface area (Å²) in [5, 5.41) is 4.82. The molecule has 0 atom stereocenters. The van der Waals surface area contributed by atoms with Gasteiger partial charge in [0.2, 0.25) is 17.3 Å². The molecule has 0 aliphatic rings. The van der Waals surface area contributed by atoms with Gasteiger partial charge in [0.25, 0.3) is 5.56 Å². The Bertz CT molecular complexity index is 1350. The lowest BCUT2D eigenvalue weighted by Gasteiger charge is -2.00. The minimum absolute atomic E-state index is 0.123. The average molecular weight is 358 g/mol. The molecule has 0 saturated carbocycles. The van der Waals surface area contributed by atoms with E-state index < -0.39 is 0 Å². The van der Waals surface area contributed by atoms with Gasteiger partial charge in [0, 0.05) is 10.9 Å². The van der Waals surface area contributed by atoms with Gasteiger partial charge in [0.05, 0.1) is 6.33 Å². The predicted molar refractivity (Wildman–Crippen MR) is 99.3 cm³/mol. The monoisotopic (exact) mass is 358 g/mol. The van der Waals surface area contributed by atoms with Crippen molar-refractivity contribution in [2.75, 3.05) is 0 Å². The van der Waals surface area contributed by atoms with Crippen molar-refractivity contribution in [2.45, 2.75) is 13.5 Å². The molecule has 0 N–H and O–H groups in total. The van der Waals surface area contributed by atoms with Gasteiger partial charge in [0.15, 0.2) is 0 Å². The van der Waals surface area contributed by atoms with Gasteiger partial charge in [-0.1, -0.05) is 41.1 Å². The maximum absolute atomic E-state index is 12.8. The molecule has 132 valence electrons. The summed E-state index contributed by atoms with van der Waals surface area (Å²) in [6.45, 7) is 2.12. The Hall–Kier alpha value is -3.74. The third-order valence-electron chi connectivity index (χ3n) is 4.40. The second-order valence-electron chi connectivity index (χ2n) is 6.33. The highest BCUT2D eigenvalue weighted by molar-refractivity contribution is 6.01. The second kappa shape index (κ2) is 5.91. The number of furan rings is 1. The van der Waals surface area contributed by atoms with Crippen LogP contribution in [0.5, 0.6) is 0 Å². The van der Waals surface area contributed by atoms with E-state index in [0.717, 1.165) is 16.5 Å². The number of hydrogen-bond donors (Lipinski definition) is 0. The van der Waals surface area contributed by atoms with Crippen LogP contribution in [-0.2, 0) is 6.54 Å². The zero-order valence-electron chi connectivity index (χ0n) is 14.4. The Labute approximate surface area is 152 Å². The summed E-state index contributed by atoms with van der Waals surface area (Å²) >= 11 is 0. The Kier molecular flexibility index (Phi) is 3.39. The molecule has 0 fully saturated rings. The van der Waals surface area contributed by atoms with Crippen LogP contribution in [0.4, 0.5) is 0 Å². The average Bonchev–Trinajstić information content (AvgIpc) is 3.29. The largest absolute Gasteiger partial charge is 0.448 e. The molecule has 0 unspecified atom stereocenters. The van der Waals surface area contributed by atoms with E-state index >= 15 is 0 Å². The first kappa shape index (κ1) is 15.5. The molecular formula is C20H14N4O3. The molecule has 0 aliphatic carbocycles. The van der Waals surface area contributed by atoms with Crippen LogP contribution in [-0.4, -0.2) is 19.7 Å². The third-order valence-corrected chi connectivity index (χ3v) is 4.40. The second-order valence-corrected chi connectivity index (χ2v) is 6.33. The number of rotatable bonds is 3. The molecule has 27 heavy (non-hydrogen) atoms. The Balaban J connectivity index is 1.53. The molecule has 7 nitrogen and oxygen atoms in total. The van der Waals surface area contributed by atoms with Gasteiger partial charge < -0.3 is 8.94 Å². The highest BCUT2D eigenvalue weighted by atomic mass is 16.5. The van der Waals surface area contributed by atoms with Crippen molar-refractivity contribution >= 4 is 22.1 Å². The number of fused-ring (bicyclic) bond motifs is 3. The summed E-state index contributed by atoms with van der Waals surface area (Å²) in [6.07, 6.45) is 1.48. The van der Waals surface area contributed by atoms with E-state index in [-0.39, 0.29) is 17.7 Å². The number of hydrogen-bond acceptors (Lipinski definition) is 6. The SMILES string of the molecule is Cc1cccc(-c2noc(Cn3cnc4c(oc5ccccc54)c3=O)n2)c1. The fourth-order valence-corrected chi connectivity index (χ4v) is 3.09.